The number of hydrogen-bond donors (Lipinski definition) is 2. The summed E-state index contributed by atoms with van der Waals surface area (Å²) in [5, 5.41) is 8.55. The van der Waals surface area contributed by atoms with Crippen LogP contribution < -0.4 is 5.73 Å². The molecule has 0 heterocycles. The van der Waals surface area contributed by atoms with Crippen LogP contribution in [0.25, 0.3) is 0 Å². The highest BCUT2D eigenvalue weighted by atomic mass is 16.4. The lowest BCUT2D eigenvalue weighted by atomic mass is 9.67. The van der Waals surface area contributed by atoms with Gasteiger partial charge in [0.05, 0.1) is 5.41 Å². The van der Waals surface area contributed by atoms with E-state index in [-0.39, 0.29) is 6.04 Å². The van der Waals surface area contributed by atoms with E-state index in [1.165, 1.54) is 0 Å². The normalized spacial score (nSPS) is 41.8. The summed E-state index contributed by atoms with van der Waals surface area (Å²) in [6.07, 6.45) is 1.25. The smallest absolute Gasteiger partial charge is 0.309 e. The predicted octanol–water partition coefficient (Wildman–Crippen LogP) is 0.198. The molecule has 0 aromatic heterocycles. The van der Waals surface area contributed by atoms with Crippen LogP contribution in [0.1, 0.15) is 19.8 Å². The lowest BCUT2D eigenvalue weighted by Gasteiger charge is -2.39. The Morgan fingerprint density at radius 2 is 2.22 bits per heavy atom. The van der Waals surface area contributed by atoms with Gasteiger partial charge in [-0.3, -0.25) is 4.79 Å². The summed E-state index contributed by atoms with van der Waals surface area (Å²) in [5.74, 6) is -0.718. The molecule has 0 atom stereocenters. The molecule has 0 amide bonds. The zero-order valence-corrected chi connectivity index (χ0v) is 5.42. The maximum atomic E-state index is 10.4. The van der Waals surface area contributed by atoms with E-state index in [9.17, 15) is 4.79 Å². The Bertz CT molecular complexity index is 138. The van der Waals surface area contributed by atoms with Crippen LogP contribution in [0.2, 0.25) is 0 Å². The van der Waals surface area contributed by atoms with Crippen molar-refractivity contribution in [1.29, 1.82) is 0 Å². The third kappa shape index (κ3) is 0.920. The van der Waals surface area contributed by atoms with Gasteiger partial charge in [0.1, 0.15) is 0 Å². The van der Waals surface area contributed by atoms with E-state index in [0.717, 1.165) is 0 Å². The molecular weight excluding hydrogens is 118 g/mol. The maximum Gasteiger partial charge on any atom is 0.309 e. The molecule has 3 heteroatoms. The largest absolute Gasteiger partial charge is 0.481 e. The molecule has 0 radical (unpaired) electrons. The number of aliphatic carboxylic acids is 1. The summed E-state index contributed by atoms with van der Waals surface area (Å²) in [5.41, 5.74) is 4.91. The molecular formula is C6H11NO2. The van der Waals surface area contributed by atoms with E-state index in [0.29, 0.717) is 12.8 Å². The van der Waals surface area contributed by atoms with Gasteiger partial charge in [-0.2, -0.15) is 0 Å². The number of rotatable bonds is 1. The van der Waals surface area contributed by atoms with E-state index >= 15 is 0 Å². The highest BCUT2D eigenvalue weighted by molar-refractivity contribution is 5.75. The fraction of sp³-hybridized carbons (Fsp3) is 0.833. The van der Waals surface area contributed by atoms with Crippen molar-refractivity contribution in [3.63, 3.8) is 0 Å². The molecule has 0 unspecified atom stereocenters. The first-order valence-electron chi connectivity index (χ1n) is 3.03. The Labute approximate surface area is 53.9 Å². The van der Waals surface area contributed by atoms with Crippen molar-refractivity contribution >= 4 is 5.97 Å². The predicted molar refractivity (Wildman–Crippen MR) is 33.0 cm³/mol. The van der Waals surface area contributed by atoms with Gasteiger partial charge in [0.2, 0.25) is 0 Å². The molecule has 3 nitrogen and oxygen atoms in total. The van der Waals surface area contributed by atoms with Crippen LogP contribution in [0, 0.1) is 5.41 Å². The van der Waals surface area contributed by atoms with E-state index in [1.54, 1.807) is 6.92 Å². The molecule has 0 aliphatic heterocycles. The van der Waals surface area contributed by atoms with Gasteiger partial charge in [-0.15, -0.1) is 0 Å². The lowest BCUT2D eigenvalue weighted by Crippen LogP contribution is -2.48. The van der Waals surface area contributed by atoms with Crippen LogP contribution in [-0.2, 0) is 4.79 Å². The second-order valence-corrected chi connectivity index (χ2v) is 3.03. The molecule has 1 saturated carbocycles. The SMILES string of the molecule is C[C@]1(C(=O)O)C[C@H](N)C1. The van der Waals surface area contributed by atoms with Crippen LogP contribution in [0.15, 0.2) is 0 Å². The van der Waals surface area contributed by atoms with Crippen LogP contribution in [-0.4, -0.2) is 17.1 Å². The number of carboxylic acid groups (broad SMARTS) is 1. The van der Waals surface area contributed by atoms with Gasteiger partial charge in [0.25, 0.3) is 0 Å². The first-order chi connectivity index (χ1) is 4.04. The van der Waals surface area contributed by atoms with Crippen molar-refractivity contribution in [3.8, 4) is 0 Å². The van der Waals surface area contributed by atoms with Crippen molar-refractivity contribution in [2.45, 2.75) is 25.8 Å². The zero-order valence-electron chi connectivity index (χ0n) is 5.42. The molecule has 0 bridgehead atoms. The average molecular weight is 129 g/mol. The van der Waals surface area contributed by atoms with E-state index < -0.39 is 11.4 Å². The number of hydrogen-bond acceptors (Lipinski definition) is 2. The van der Waals surface area contributed by atoms with Crippen LogP contribution in [0.5, 0.6) is 0 Å². The Balaban J connectivity index is 2.50. The van der Waals surface area contributed by atoms with E-state index in [4.69, 9.17) is 10.8 Å². The summed E-state index contributed by atoms with van der Waals surface area (Å²) in [6.45, 7) is 1.73. The quantitative estimate of drug-likeness (QED) is 0.531. The van der Waals surface area contributed by atoms with Crippen molar-refractivity contribution in [2.75, 3.05) is 0 Å². The minimum Gasteiger partial charge on any atom is -0.481 e. The van der Waals surface area contributed by atoms with E-state index in [1.807, 2.05) is 0 Å². The van der Waals surface area contributed by atoms with Crippen molar-refractivity contribution in [2.24, 2.45) is 11.1 Å². The van der Waals surface area contributed by atoms with Gasteiger partial charge in [-0.25, -0.2) is 0 Å². The van der Waals surface area contributed by atoms with Gasteiger partial charge in [0.15, 0.2) is 0 Å². The van der Waals surface area contributed by atoms with Crippen molar-refractivity contribution in [1.82, 2.24) is 0 Å². The Morgan fingerprint density at radius 1 is 1.78 bits per heavy atom. The highest BCUT2D eigenvalue weighted by Crippen LogP contribution is 2.39. The van der Waals surface area contributed by atoms with Crippen LogP contribution >= 0.6 is 0 Å². The standard InChI is InChI=1S/C6H11NO2/c1-6(5(8)9)2-4(7)3-6/h4H,2-3,7H2,1H3,(H,8,9)/t4-,6-. The summed E-state index contributed by atoms with van der Waals surface area (Å²) < 4.78 is 0. The minimum atomic E-state index is -0.718. The molecule has 9 heavy (non-hydrogen) atoms. The maximum absolute atomic E-state index is 10.4. The molecule has 0 aromatic rings. The monoisotopic (exact) mass is 129 g/mol. The fourth-order valence-corrected chi connectivity index (χ4v) is 1.27. The molecule has 0 spiro atoms. The lowest BCUT2D eigenvalue weighted by molar-refractivity contribution is -0.153. The van der Waals surface area contributed by atoms with Gasteiger partial charge < -0.3 is 10.8 Å². The summed E-state index contributed by atoms with van der Waals surface area (Å²) in [7, 11) is 0. The first-order valence-corrected chi connectivity index (χ1v) is 3.03. The summed E-state index contributed by atoms with van der Waals surface area (Å²) in [4.78, 5) is 10.4. The fourth-order valence-electron chi connectivity index (χ4n) is 1.27. The molecule has 1 fully saturated rings. The van der Waals surface area contributed by atoms with Crippen molar-refractivity contribution < 1.29 is 9.90 Å². The van der Waals surface area contributed by atoms with Gasteiger partial charge >= 0.3 is 5.97 Å². The molecule has 3 N–H and O–H groups in total. The van der Waals surface area contributed by atoms with Crippen molar-refractivity contribution in [3.05, 3.63) is 0 Å². The Hall–Kier alpha value is -0.570. The Morgan fingerprint density at radius 3 is 2.33 bits per heavy atom. The van der Waals surface area contributed by atoms with E-state index in [2.05, 4.69) is 0 Å². The molecule has 1 aliphatic rings. The average Bonchev–Trinajstić information content (AvgIpc) is 1.62. The summed E-state index contributed by atoms with van der Waals surface area (Å²) in [6, 6.07) is 0.117. The number of carbonyl (C=O) groups is 1. The topological polar surface area (TPSA) is 63.3 Å². The second kappa shape index (κ2) is 1.70. The zero-order chi connectivity index (χ0) is 7.07. The van der Waals surface area contributed by atoms with Gasteiger partial charge in [0, 0.05) is 6.04 Å². The number of nitrogens with two attached hydrogens (primary N) is 1. The molecule has 52 valence electrons. The van der Waals surface area contributed by atoms with Gasteiger partial charge in [-0.05, 0) is 19.8 Å². The first kappa shape index (κ1) is 6.55. The number of carboxylic acids is 1. The van der Waals surface area contributed by atoms with Crippen LogP contribution in [0.3, 0.4) is 0 Å². The third-order valence-electron chi connectivity index (χ3n) is 1.94. The molecule has 1 rings (SSSR count). The molecule has 0 saturated heterocycles. The molecule has 0 aromatic carbocycles. The molecule has 1 aliphatic carbocycles. The minimum absolute atomic E-state index is 0.117. The Kier molecular flexibility index (Phi) is 1.24. The second-order valence-electron chi connectivity index (χ2n) is 3.03. The van der Waals surface area contributed by atoms with Gasteiger partial charge in [-0.1, -0.05) is 0 Å². The van der Waals surface area contributed by atoms with Crippen LogP contribution in [0.4, 0.5) is 0 Å². The summed E-state index contributed by atoms with van der Waals surface area (Å²) >= 11 is 0. The third-order valence-corrected chi connectivity index (χ3v) is 1.94. The highest BCUT2D eigenvalue weighted by Gasteiger charge is 2.44.